The number of hydrogen-bond donors (Lipinski definition) is 1. The standard InChI is InChI=1S/C22H22ClN3O4/c1-3-30-21(27)14-8-9-25(12-14)15-5-6-17(23)16(11-15)20-24-18-10-13(2)4-7-19(18)26(20)22(28)29/h4-7,10-11,14H,3,8-9,12H2,1-2H3,(H,28,29). The number of hydrogen-bond acceptors (Lipinski definition) is 5. The highest BCUT2D eigenvalue weighted by atomic mass is 35.5. The van der Waals surface area contributed by atoms with E-state index < -0.39 is 6.09 Å². The number of nitrogens with zero attached hydrogens (tertiary/aromatic N) is 3. The van der Waals surface area contributed by atoms with E-state index in [1.165, 1.54) is 0 Å². The van der Waals surface area contributed by atoms with Crippen molar-refractivity contribution in [2.45, 2.75) is 20.3 Å². The van der Waals surface area contributed by atoms with Crippen molar-refractivity contribution in [3.8, 4) is 11.4 Å². The van der Waals surface area contributed by atoms with E-state index in [2.05, 4.69) is 9.88 Å². The summed E-state index contributed by atoms with van der Waals surface area (Å²) in [5.74, 6) is -0.0797. The van der Waals surface area contributed by atoms with Crippen molar-refractivity contribution in [3.63, 3.8) is 0 Å². The molecular formula is C22H22ClN3O4. The Bertz CT molecular complexity index is 1140. The second-order valence-corrected chi connectivity index (χ2v) is 7.80. The molecule has 2 heterocycles. The smallest absolute Gasteiger partial charge is 0.417 e. The first-order chi connectivity index (χ1) is 14.4. The van der Waals surface area contributed by atoms with E-state index >= 15 is 0 Å². The molecule has 0 amide bonds. The maximum Gasteiger partial charge on any atom is 0.417 e. The quantitative estimate of drug-likeness (QED) is 0.613. The van der Waals surface area contributed by atoms with Crippen LogP contribution in [0.5, 0.6) is 0 Å². The number of carbonyl (C=O) groups is 2. The first kappa shape index (κ1) is 20.2. The van der Waals surface area contributed by atoms with Gasteiger partial charge in [-0.1, -0.05) is 17.7 Å². The molecule has 4 rings (SSSR count). The van der Waals surface area contributed by atoms with Crippen LogP contribution in [0.2, 0.25) is 5.02 Å². The Balaban J connectivity index is 1.74. The Morgan fingerprint density at radius 1 is 1.27 bits per heavy atom. The summed E-state index contributed by atoms with van der Waals surface area (Å²) >= 11 is 6.45. The Morgan fingerprint density at radius 2 is 2.07 bits per heavy atom. The molecule has 1 atom stereocenters. The van der Waals surface area contributed by atoms with Crippen LogP contribution in [0.4, 0.5) is 10.5 Å². The number of ether oxygens (including phenoxy) is 1. The van der Waals surface area contributed by atoms with Crippen LogP contribution in [0.15, 0.2) is 36.4 Å². The van der Waals surface area contributed by atoms with Crippen molar-refractivity contribution in [1.29, 1.82) is 0 Å². The summed E-state index contributed by atoms with van der Waals surface area (Å²) < 4.78 is 6.30. The Labute approximate surface area is 178 Å². The monoisotopic (exact) mass is 427 g/mol. The first-order valence-corrected chi connectivity index (χ1v) is 10.2. The molecule has 1 aliphatic heterocycles. The maximum atomic E-state index is 12.1. The van der Waals surface area contributed by atoms with Crippen molar-refractivity contribution >= 4 is 40.4 Å². The van der Waals surface area contributed by atoms with Gasteiger partial charge in [0.2, 0.25) is 0 Å². The molecule has 0 bridgehead atoms. The summed E-state index contributed by atoms with van der Waals surface area (Å²) in [7, 11) is 0. The summed E-state index contributed by atoms with van der Waals surface area (Å²) in [5, 5.41) is 10.2. The number of benzene rings is 2. The minimum Gasteiger partial charge on any atom is -0.466 e. The lowest BCUT2D eigenvalue weighted by molar-refractivity contribution is -0.147. The first-order valence-electron chi connectivity index (χ1n) is 9.83. The fraction of sp³-hybridized carbons (Fsp3) is 0.318. The van der Waals surface area contributed by atoms with E-state index in [1.54, 1.807) is 19.1 Å². The second-order valence-electron chi connectivity index (χ2n) is 7.39. The van der Waals surface area contributed by atoms with Gasteiger partial charge in [-0.25, -0.2) is 14.3 Å². The molecule has 8 heteroatoms. The van der Waals surface area contributed by atoms with Gasteiger partial charge in [-0.2, -0.15) is 0 Å². The number of fused-ring (bicyclic) bond motifs is 1. The van der Waals surface area contributed by atoms with Gasteiger partial charge in [0.1, 0.15) is 0 Å². The van der Waals surface area contributed by atoms with Gasteiger partial charge in [0.25, 0.3) is 0 Å². The number of esters is 1. The van der Waals surface area contributed by atoms with Gasteiger partial charge >= 0.3 is 12.1 Å². The largest absolute Gasteiger partial charge is 0.466 e. The van der Waals surface area contributed by atoms with Crippen LogP contribution in [0.1, 0.15) is 18.9 Å². The molecule has 3 aromatic rings. The van der Waals surface area contributed by atoms with E-state index in [0.29, 0.717) is 47.7 Å². The molecule has 1 aromatic heterocycles. The molecular weight excluding hydrogens is 406 g/mol. The van der Waals surface area contributed by atoms with Crippen LogP contribution in [-0.2, 0) is 9.53 Å². The highest BCUT2D eigenvalue weighted by molar-refractivity contribution is 6.33. The van der Waals surface area contributed by atoms with Crippen LogP contribution >= 0.6 is 11.6 Å². The van der Waals surface area contributed by atoms with E-state index in [4.69, 9.17) is 16.3 Å². The third-order valence-electron chi connectivity index (χ3n) is 5.37. The van der Waals surface area contributed by atoms with Crippen molar-refractivity contribution in [3.05, 3.63) is 47.0 Å². The molecule has 1 N–H and O–H groups in total. The van der Waals surface area contributed by atoms with Gasteiger partial charge < -0.3 is 14.7 Å². The normalized spacial score (nSPS) is 16.2. The van der Waals surface area contributed by atoms with Crippen molar-refractivity contribution in [2.75, 3.05) is 24.6 Å². The van der Waals surface area contributed by atoms with Gasteiger partial charge in [-0.3, -0.25) is 4.79 Å². The average Bonchev–Trinajstić information content (AvgIpc) is 3.33. The Hall–Kier alpha value is -3.06. The molecule has 0 spiro atoms. The van der Waals surface area contributed by atoms with E-state index in [-0.39, 0.29) is 17.7 Å². The summed E-state index contributed by atoms with van der Waals surface area (Å²) in [5.41, 5.74) is 3.49. The molecule has 2 aromatic carbocycles. The highest BCUT2D eigenvalue weighted by Crippen LogP contribution is 2.35. The molecule has 1 fully saturated rings. The summed E-state index contributed by atoms with van der Waals surface area (Å²) in [6, 6.07) is 10.9. The third-order valence-corrected chi connectivity index (χ3v) is 5.70. The summed E-state index contributed by atoms with van der Waals surface area (Å²) in [6.45, 7) is 5.35. The fourth-order valence-corrected chi connectivity index (χ4v) is 4.10. The Kier molecular flexibility index (Phi) is 5.39. The molecule has 0 saturated carbocycles. The van der Waals surface area contributed by atoms with Crippen molar-refractivity contribution < 1.29 is 19.4 Å². The summed E-state index contributed by atoms with van der Waals surface area (Å²) in [6.07, 6.45) is -0.412. The number of carboxylic acid groups (broad SMARTS) is 1. The SMILES string of the molecule is CCOC(=O)C1CCN(c2ccc(Cl)c(-c3nc4cc(C)ccc4n3C(=O)O)c2)C1. The molecule has 30 heavy (non-hydrogen) atoms. The van der Waals surface area contributed by atoms with E-state index in [1.807, 2.05) is 31.2 Å². The van der Waals surface area contributed by atoms with Gasteiger partial charge in [0, 0.05) is 24.3 Å². The highest BCUT2D eigenvalue weighted by Gasteiger charge is 2.30. The molecule has 1 unspecified atom stereocenters. The van der Waals surface area contributed by atoms with Crippen LogP contribution in [0.3, 0.4) is 0 Å². The predicted octanol–water partition coefficient (Wildman–Crippen LogP) is 4.58. The zero-order chi connectivity index (χ0) is 21.4. The van der Waals surface area contributed by atoms with Crippen molar-refractivity contribution in [2.24, 2.45) is 5.92 Å². The predicted molar refractivity (Wildman–Crippen MR) is 115 cm³/mol. The molecule has 156 valence electrons. The lowest BCUT2D eigenvalue weighted by Crippen LogP contribution is -2.24. The van der Waals surface area contributed by atoms with Gasteiger partial charge in [-0.15, -0.1) is 0 Å². The van der Waals surface area contributed by atoms with E-state index in [0.717, 1.165) is 15.8 Å². The fourth-order valence-electron chi connectivity index (χ4n) is 3.89. The Morgan fingerprint density at radius 3 is 2.80 bits per heavy atom. The molecule has 0 aliphatic carbocycles. The minimum absolute atomic E-state index is 0.171. The van der Waals surface area contributed by atoms with Crippen LogP contribution in [-0.4, -0.2) is 46.4 Å². The molecule has 1 saturated heterocycles. The van der Waals surface area contributed by atoms with Crippen LogP contribution in [0, 0.1) is 12.8 Å². The number of imidazole rings is 1. The van der Waals surface area contributed by atoms with Gasteiger partial charge in [-0.05, 0) is 56.2 Å². The maximum absolute atomic E-state index is 12.1. The number of carbonyl (C=O) groups excluding carboxylic acids is 1. The van der Waals surface area contributed by atoms with Crippen molar-refractivity contribution in [1.82, 2.24) is 9.55 Å². The van der Waals surface area contributed by atoms with Crippen LogP contribution < -0.4 is 4.90 Å². The number of anilines is 1. The lowest BCUT2D eigenvalue weighted by Gasteiger charge is -2.20. The number of rotatable bonds is 4. The minimum atomic E-state index is -1.12. The zero-order valence-corrected chi connectivity index (χ0v) is 17.5. The molecule has 7 nitrogen and oxygen atoms in total. The number of halogens is 1. The third kappa shape index (κ3) is 3.61. The van der Waals surface area contributed by atoms with E-state index in [9.17, 15) is 14.7 Å². The number of aromatic nitrogens is 2. The molecule has 1 aliphatic rings. The lowest BCUT2D eigenvalue weighted by atomic mass is 10.1. The topological polar surface area (TPSA) is 84.7 Å². The summed E-state index contributed by atoms with van der Waals surface area (Å²) in [4.78, 5) is 30.7. The molecule has 0 radical (unpaired) electrons. The van der Waals surface area contributed by atoms with Crippen LogP contribution in [0.25, 0.3) is 22.4 Å². The average molecular weight is 428 g/mol. The van der Waals surface area contributed by atoms with Gasteiger partial charge in [0.05, 0.1) is 28.6 Å². The second kappa shape index (κ2) is 7.99. The zero-order valence-electron chi connectivity index (χ0n) is 16.8. The number of aryl methyl sites for hydroxylation is 1. The van der Waals surface area contributed by atoms with Gasteiger partial charge in [0.15, 0.2) is 5.82 Å².